The largest absolute Gasteiger partial charge is 0.396 e. The van der Waals surface area contributed by atoms with Gasteiger partial charge < -0.3 is 10.4 Å². The van der Waals surface area contributed by atoms with Crippen molar-refractivity contribution in [2.24, 2.45) is 5.92 Å². The van der Waals surface area contributed by atoms with Gasteiger partial charge in [0.25, 0.3) is 5.91 Å². The number of aliphatic hydroxyl groups excluding tert-OH is 1. The Kier molecular flexibility index (Phi) is 6.40. The van der Waals surface area contributed by atoms with Crippen LogP contribution in [0.5, 0.6) is 0 Å². The number of carbonyl (C=O) groups excluding carboxylic acids is 1. The maximum atomic E-state index is 12.3. The van der Waals surface area contributed by atoms with Crippen LogP contribution >= 0.6 is 0 Å². The number of rotatable bonds is 7. The van der Waals surface area contributed by atoms with Crippen molar-refractivity contribution < 1.29 is 9.90 Å². The lowest BCUT2D eigenvalue weighted by Gasteiger charge is -2.14. The molecule has 1 amide bonds. The van der Waals surface area contributed by atoms with Crippen molar-refractivity contribution in [2.45, 2.75) is 59.4 Å². The SMILES string of the molecule is CCCCn1nc(C(C)(C)C)cc1C(=O)NCC(C)CO. The Hall–Kier alpha value is -1.36. The quantitative estimate of drug-likeness (QED) is 0.811. The molecule has 0 saturated heterocycles. The van der Waals surface area contributed by atoms with Gasteiger partial charge in [-0.1, -0.05) is 41.0 Å². The fourth-order valence-electron chi connectivity index (χ4n) is 1.87. The van der Waals surface area contributed by atoms with E-state index in [1.807, 2.05) is 17.7 Å². The van der Waals surface area contributed by atoms with E-state index in [0.29, 0.717) is 12.2 Å². The van der Waals surface area contributed by atoms with E-state index in [-0.39, 0.29) is 23.8 Å². The minimum absolute atomic E-state index is 0.0584. The predicted molar refractivity (Wildman–Crippen MR) is 84.4 cm³/mol. The summed E-state index contributed by atoms with van der Waals surface area (Å²) in [5, 5.41) is 16.5. The lowest BCUT2D eigenvalue weighted by atomic mass is 9.92. The summed E-state index contributed by atoms with van der Waals surface area (Å²) in [7, 11) is 0. The van der Waals surface area contributed by atoms with Gasteiger partial charge in [0, 0.05) is 25.1 Å². The molecule has 2 N–H and O–H groups in total. The standard InChI is InChI=1S/C16H29N3O2/c1-6-7-8-19-13(9-14(18-19)16(3,4)5)15(21)17-10-12(2)11-20/h9,12,20H,6-8,10-11H2,1-5H3,(H,17,21). The van der Waals surface area contributed by atoms with Gasteiger partial charge in [-0.3, -0.25) is 9.48 Å². The molecule has 21 heavy (non-hydrogen) atoms. The summed E-state index contributed by atoms with van der Waals surface area (Å²) in [6, 6.07) is 1.88. The second kappa shape index (κ2) is 7.59. The molecular formula is C16H29N3O2. The van der Waals surface area contributed by atoms with Gasteiger partial charge in [-0.2, -0.15) is 5.10 Å². The number of unbranched alkanes of at least 4 members (excludes halogenated alkanes) is 1. The van der Waals surface area contributed by atoms with Crippen molar-refractivity contribution in [3.8, 4) is 0 Å². The smallest absolute Gasteiger partial charge is 0.269 e. The molecule has 120 valence electrons. The fourth-order valence-corrected chi connectivity index (χ4v) is 1.87. The van der Waals surface area contributed by atoms with Crippen LogP contribution in [0.2, 0.25) is 0 Å². The molecule has 1 rings (SSSR count). The molecule has 1 aromatic heterocycles. The number of carbonyl (C=O) groups is 1. The summed E-state index contributed by atoms with van der Waals surface area (Å²) in [4.78, 5) is 12.3. The van der Waals surface area contributed by atoms with Crippen molar-refractivity contribution in [1.82, 2.24) is 15.1 Å². The molecule has 5 heteroatoms. The third kappa shape index (κ3) is 5.16. The molecule has 5 nitrogen and oxygen atoms in total. The summed E-state index contributed by atoms with van der Waals surface area (Å²) in [5.41, 5.74) is 1.46. The Morgan fingerprint density at radius 1 is 1.48 bits per heavy atom. The van der Waals surface area contributed by atoms with E-state index in [1.54, 1.807) is 0 Å². The maximum Gasteiger partial charge on any atom is 0.269 e. The van der Waals surface area contributed by atoms with Crippen LogP contribution in [0.25, 0.3) is 0 Å². The van der Waals surface area contributed by atoms with E-state index in [0.717, 1.165) is 25.1 Å². The zero-order valence-electron chi connectivity index (χ0n) is 13.9. The molecule has 0 bridgehead atoms. The molecule has 0 spiro atoms. The number of nitrogens with zero attached hydrogens (tertiary/aromatic N) is 2. The zero-order chi connectivity index (χ0) is 16.0. The van der Waals surface area contributed by atoms with E-state index >= 15 is 0 Å². The van der Waals surface area contributed by atoms with Crippen LogP contribution in [-0.2, 0) is 12.0 Å². The Balaban J connectivity index is 2.91. The van der Waals surface area contributed by atoms with E-state index in [2.05, 4.69) is 38.1 Å². The first-order valence-corrected chi connectivity index (χ1v) is 7.77. The van der Waals surface area contributed by atoms with E-state index < -0.39 is 0 Å². The zero-order valence-corrected chi connectivity index (χ0v) is 13.9. The summed E-state index contributed by atoms with van der Waals surface area (Å²) in [5.74, 6) is -0.0579. The maximum absolute atomic E-state index is 12.3. The molecule has 0 aliphatic carbocycles. The molecule has 0 aromatic carbocycles. The fraction of sp³-hybridized carbons (Fsp3) is 0.750. The highest BCUT2D eigenvalue weighted by atomic mass is 16.3. The van der Waals surface area contributed by atoms with Gasteiger partial charge in [0.15, 0.2) is 0 Å². The molecule has 0 fully saturated rings. The molecular weight excluding hydrogens is 266 g/mol. The van der Waals surface area contributed by atoms with Crippen molar-refractivity contribution >= 4 is 5.91 Å². The van der Waals surface area contributed by atoms with Crippen LogP contribution in [0.1, 0.15) is 63.6 Å². The van der Waals surface area contributed by atoms with Crippen molar-refractivity contribution in [3.63, 3.8) is 0 Å². The monoisotopic (exact) mass is 295 g/mol. The summed E-state index contributed by atoms with van der Waals surface area (Å²) in [6.07, 6.45) is 2.06. The van der Waals surface area contributed by atoms with Gasteiger partial charge in [-0.25, -0.2) is 0 Å². The number of aromatic nitrogens is 2. The Labute approximate surface area is 127 Å². The molecule has 0 aliphatic rings. The van der Waals surface area contributed by atoms with Gasteiger partial charge in [-0.15, -0.1) is 0 Å². The Morgan fingerprint density at radius 2 is 2.14 bits per heavy atom. The average molecular weight is 295 g/mol. The number of nitrogens with one attached hydrogen (secondary N) is 1. The van der Waals surface area contributed by atoms with Gasteiger partial charge in [0.05, 0.1) is 5.69 Å². The molecule has 0 aliphatic heterocycles. The number of aryl methyl sites for hydroxylation is 1. The molecule has 1 atom stereocenters. The molecule has 0 radical (unpaired) electrons. The molecule has 0 saturated carbocycles. The Bertz CT molecular complexity index is 461. The van der Waals surface area contributed by atoms with Crippen molar-refractivity contribution in [2.75, 3.05) is 13.2 Å². The number of aliphatic hydroxyl groups is 1. The van der Waals surface area contributed by atoms with Crippen LogP contribution < -0.4 is 5.32 Å². The van der Waals surface area contributed by atoms with Crippen molar-refractivity contribution in [3.05, 3.63) is 17.5 Å². The number of amides is 1. The lowest BCUT2D eigenvalue weighted by molar-refractivity contribution is 0.0931. The third-order valence-electron chi connectivity index (χ3n) is 3.43. The Morgan fingerprint density at radius 3 is 2.67 bits per heavy atom. The first-order valence-electron chi connectivity index (χ1n) is 7.77. The summed E-state index contributed by atoms with van der Waals surface area (Å²) < 4.78 is 1.81. The number of hydrogen-bond acceptors (Lipinski definition) is 3. The normalized spacial score (nSPS) is 13.2. The van der Waals surface area contributed by atoms with Crippen LogP contribution in [0.15, 0.2) is 6.07 Å². The van der Waals surface area contributed by atoms with E-state index in [9.17, 15) is 4.79 Å². The van der Waals surface area contributed by atoms with E-state index in [1.165, 1.54) is 0 Å². The average Bonchev–Trinajstić information content (AvgIpc) is 2.86. The summed E-state index contributed by atoms with van der Waals surface area (Å²) >= 11 is 0. The minimum atomic E-state index is -0.116. The lowest BCUT2D eigenvalue weighted by Crippen LogP contribution is -2.31. The highest BCUT2D eigenvalue weighted by Gasteiger charge is 2.22. The topological polar surface area (TPSA) is 67.2 Å². The second-order valence-corrected chi connectivity index (χ2v) is 6.74. The third-order valence-corrected chi connectivity index (χ3v) is 3.43. The number of hydrogen-bond donors (Lipinski definition) is 2. The molecule has 1 aromatic rings. The van der Waals surface area contributed by atoms with Gasteiger partial charge >= 0.3 is 0 Å². The second-order valence-electron chi connectivity index (χ2n) is 6.74. The molecule has 1 unspecified atom stereocenters. The van der Waals surface area contributed by atoms with Crippen LogP contribution in [0.3, 0.4) is 0 Å². The van der Waals surface area contributed by atoms with Crippen molar-refractivity contribution in [1.29, 1.82) is 0 Å². The van der Waals surface area contributed by atoms with Crippen LogP contribution in [0, 0.1) is 5.92 Å². The minimum Gasteiger partial charge on any atom is -0.396 e. The predicted octanol–water partition coefficient (Wildman–Crippen LogP) is 2.34. The van der Waals surface area contributed by atoms with Gasteiger partial charge in [0.1, 0.15) is 5.69 Å². The van der Waals surface area contributed by atoms with Gasteiger partial charge in [0.2, 0.25) is 0 Å². The highest BCUT2D eigenvalue weighted by Crippen LogP contribution is 2.22. The van der Waals surface area contributed by atoms with Crippen LogP contribution in [0.4, 0.5) is 0 Å². The first kappa shape index (κ1) is 17.7. The van der Waals surface area contributed by atoms with Crippen LogP contribution in [-0.4, -0.2) is 33.9 Å². The van der Waals surface area contributed by atoms with E-state index in [4.69, 9.17) is 5.11 Å². The first-order chi connectivity index (χ1) is 9.79. The highest BCUT2D eigenvalue weighted by molar-refractivity contribution is 5.92. The molecule has 1 heterocycles. The van der Waals surface area contributed by atoms with Gasteiger partial charge in [-0.05, 0) is 18.4 Å². The summed E-state index contributed by atoms with van der Waals surface area (Å²) in [6.45, 7) is 11.6.